The molecule has 192 valence electrons. The Balaban J connectivity index is 1.24. The molecule has 4 N–H and O–H groups in total. The van der Waals surface area contributed by atoms with E-state index in [1.54, 1.807) is 31.3 Å². The van der Waals surface area contributed by atoms with Crippen LogP contribution in [0.5, 0.6) is 0 Å². The van der Waals surface area contributed by atoms with Gasteiger partial charge in [-0.05, 0) is 49.3 Å². The molecule has 5 rings (SSSR count). The molecule has 12 nitrogen and oxygen atoms in total. The number of benzene rings is 1. The van der Waals surface area contributed by atoms with Crippen molar-refractivity contribution in [2.45, 2.75) is 32.2 Å². The maximum atomic E-state index is 13.1. The van der Waals surface area contributed by atoms with Gasteiger partial charge < -0.3 is 20.4 Å². The van der Waals surface area contributed by atoms with Crippen LogP contribution in [0.4, 0.5) is 0 Å². The van der Waals surface area contributed by atoms with Crippen molar-refractivity contribution in [2.24, 2.45) is 11.8 Å². The highest BCUT2D eigenvalue weighted by Gasteiger charge is 2.26. The molecule has 0 aliphatic heterocycles. The highest BCUT2D eigenvalue weighted by Crippen LogP contribution is 2.28. The molecule has 1 saturated carbocycles. The number of amides is 3. The number of nitrogens with zero attached hydrogens (tertiary/aromatic N) is 3. The lowest BCUT2D eigenvalue weighted by Gasteiger charge is -2.27. The van der Waals surface area contributed by atoms with E-state index in [0.717, 1.165) is 31.2 Å². The third-order valence-corrected chi connectivity index (χ3v) is 6.78. The van der Waals surface area contributed by atoms with Gasteiger partial charge in [0.1, 0.15) is 11.4 Å². The fourth-order valence-corrected chi connectivity index (χ4v) is 4.73. The number of hydrogen-bond donors (Lipinski definition) is 4. The molecular weight excluding hydrogens is 478 g/mol. The lowest BCUT2D eigenvalue weighted by atomic mass is 9.81. The van der Waals surface area contributed by atoms with Gasteiger partial charge in [0.2, 0.25) is 5.91 Å². The Morgan fingerprint density at radius 1 is 1.08 bits per heavy atom. The topological polar surface area (TPSA) is 163 Å². The summed E-state index contributed by atoms with van der Waals surface area (Å²) in [6.45, 7) is 0.666. The monoisotopic (exact) mass is 505 g/mol. The average Bonchev–Trinajstić information content (AvgIpc) is 3.54. The second-order valence-electron chi connectivity index (χ2n) is 9.20. The SMILES string of the molecule is CNC(=O)C1CCC(CNC(=O)c2cc(C(=O)NCc3ccc4oc(=O)[nH]c4c3)nc3ccnn23)CC1. The molecule has 0 bridgehead atoms. The summed E-state index contributed by atoms with van der Waals surface area (Å²) in [6.07, 6.45) is 4.83. The average molecular weight is 506 g/mol. The predicted molar refractivity (Wildman–Crippen MR) is 133 cm³/mol. The Labute approximate surface area is 210 Å². The number of aromatic amines is 1. The van der Waals surface area contributed by atoms with Crippen LogP contribution in [0.2, 0.25) is 0 Å². The minimum Gasteiger partial charge on any atom is -0.408 e. The van der Waals surface area contributed by atoms with Gasteiger partial charge in [-0.15, -0.1) is 0 Å². The standard InChI is InChI=1S/C25H27N7O5/c1-26-22(33)16-5-2-14(3-6-16)12-28-24(35)19-11-18(30-21-8-9-29-32(19)21)23(34)27-13-15-4-7-20-17(10-15)31-25(36)37-20/h4,7-11,14,16H,2-3,5-6,12-13H2,1H3,(H,26,33)(H,27,34)(H,28,35)(H,31,36). The first-order valence-electron chi connectivity index (χ1n) is 12.2. The molecule has 1 aliphatic rings. The van der Waals surface area contributed by atoms with E-state index >= 15 is 0 Å². The smallest absolute Gasteiger partial charge is 0.408 e. The Morgan fingerprint density at radius 3 is 2.68 bits per heavy atom. The molecule has 4 aromatic rings. The van der Waals surface area contributed by atoms with Crippen LogP contribution in [-0.2, 0) is 11.3 Å². The molecule has 0 radical (unpaired) electrons. The summed E-state index contributed by atoms with van der Waals surface area (Å²) in [4.78, 5) is 56.1. The van der Waals surface area contributed by atoms with Crippen molar-refractivity contribution >= 4 is 34.5 Å². The van der Waals surface area contributed by atoms with E-state index in [9.17, 15) is 19.2 Å². The molecule has 0 spiro atoms. The Morgan fingerprint density at radius 2 is 1.89 bits per heavy atom. The van der Waals surface area contributed by atoms with Gasteiger partial charge in [0.15, 0.2) is 11.2 Å². The molecule has 12 heteroatoms. The van der Waals surface area contributed by atoms with Crippen LogP contribution < -0.4 is 21.7 Å². The summed E-state index contributed by atoms with van der Waals surface area (Å²) in [5.74, 6) is -0.963. The molecule has 1 fully saturated rings. The van der Waals surface area contributed by atoms with Gasteiger partial charge in [-0.3, -0.25) is 19.4 Å². The fraction of sp³-hybridized carbons (Fsp3) is 0.360. The zero-order valence-corrected chi connectivity index (χ0v) is 20.2. The number of H-pyrrole nitrogens is 1. The predicted octanol–water partition coefficient (Wildman–Crippen LogP) is 1.38. The minimum atomic E-state index is -0.545. The van der Waals surface area contributed by atoms with E-state index in [1.165, 1.54) is 16.8 Å². The molecule has 0 unspecified atom stereocenters. The van der Waals surface area contributed by atoms with Crippen LogP contribution in [-0.4, -0.2) is 50.9 Å². The van der Waals surface area contributed by atoms with E-state index in [4.69, 9.17) is 4.42 Å². The third kappa shape index (κ3) is 5.22. The summed E-state index contributed by atoms with van der Waals surface area (Å²) >= 11 is 0. The second kappa shape index (κ2) is 10.2. The van der Waals surface area contributed by atoms with Crippen molar-refractivity contribution in [3.05, 3.63) is 64.0 Å². The Bertz CT molecular complexity index is 1530. The van der Waals surface area contributed by atoms with Crippen LogP contribution in [0, 0.1) is 11.8 Å². The molecule has 3 heterocycles. The third-order valence-electron chi connectivity index (χ3n) is 6.78. The van der Waals surface area contributed by atoms with Crippen LogP contribution in [0.25, 0.3) is 16.7 Å². The zero-order chi connectivity index (χ0) is 25.9. The molecule has 37 heavy (non-hydrogen) atoms. The van der Waals surface area contributed by atoms with Crippen molar-refractivity contribution in [3.8, 4) is 0 Å². The molecule has 0 atom stereocenters. The van der Waals surface area contributed by atoms with Crippen LogP contribution in [0.1, 0.15) is 52.2 Å². The van der Waals surface area contributed by atoms with Gasteiger partial charge in [-0.1, -0.05) is 6.07 Å². The van der Waals surface area contributed by atoms with E-state index in [1.807, 2.05) is 0 Å². The summed E-state index contributed by atoms with van der Waals surface area (Å²) in [6, 6.07) is 8.16. The van der Waals surface area contributed by atoms with Gasteiger partial charge in [0, 0.05) is 38.2 Å². The molecule has 3 amide bonds. The highest BCUT2D eigenvalue weighted by atomic mass is 16.4. The molecule has 0 saturated heterocycles. The number of aromatic nitrogens is 4. The summed E-state index contributed by atoms with van der Waals surface area (Å²) in [7, 11) is 1.65. The van der Waals surface area contributed by atoms with Crippen LogP contribution in [0.15, 0.2) is 45.7 Å². The van der Waals surface area contributed by atoms with Gasteiger partial charge in [0.25, 0.3) is 11.8 Å². The summed E-state index contributed by atoms with van der Waals surface area (Å²) in [5.41, 5.74) is 2.40. The summed E-state index contributed by atoms with van der Waals surface area (Å²) < 4.78 is 6.39. The summed E-state index contributed by atoms with van der Waals surface area (Å²) in [5, 5.41) is 12.6. The van der Waals surface area contributed by atoms with Crippen molar-refractivity contribution in [1.82, 2.24) is 35.5 Å². The van der Waals surface area contributed by atoms with Gasteiger partial charge in [-0.25, -0.2) is 14.3 Å². The number of carbonyl (C=O) groups is 3. The van der Waals surface area contributed by atoms with Crippen molar-refractivity contribution in [1.29, 1.82) is 0 Å². The van der Waals surface area contributed by atoms with Gasteiger partial charge in [0.05, 0.1) is 11.7 Å². The molecule has 1 aromatic carbocycles. The maximum Gasteiger partial charge on any atom is 0.417 e. The van der Waals surface area contributed by atoms with E-state index in [2.05, 4.69) is 31.0 Å². The number of fused-ring (bicyclic) bond motifs is 2. The number of nitrogens with one attached hydrogen (secondary N) is 4. The van der Waals surface area contributed by atoms with E-state index in [-0.39, 0.29) is 41.6 Å². The first kappa shape index (κ1) is 24.2. The van der Waals surface area contributed by atoms with Crippen LogP contribution in [0.3, 0.4) is 0 Å². The van der Waals surface area contributed by atoms with Gasteiger partial charge in [-0.2, -0.15) is 5.10 Å². The number of carbonyl (C=O) groups excluding carboxylic acids is 3. The number of rotatable bonds is 7. The first-order chi connectivity index (χ1) is 17.9. The lowest BCUT2D eigenvalue weighted by molar-refractivity contribution is -0.125. The normalized spacial score (nSPS) is 17.5. The first-order valence-corrected chi connectivity index (χ1v) is 12.2. The number of oxazole rings is 1. The van der Waals surface area contributed by atoms with E-state index in [0.29, 0.717) is 23.3 Å². The molecule has 3 aromatic heterocycles. The van der Waals surface area contributed by atoms with E-state index < -0.39 is 11.7 Å². The lowest BCUT2D eigenvalue weighted by Crippen LogP contribution is -2.35. The fourth-order valence-electron chi connectivity index (χ4n) is 4.73. The van der Waals surface area contributed by atoms with Crippen molar-refractivity contribution in [2.75, 3.05) is 13.6 Å². The Hall–Kier alpha value is -4.48. The van der Waals surface area contributed by atoms with Crippen molar-refractivity contribution in [3.63, 3.8) is 0 Å². The number of hydrogen-bond acceptors (Lipinski definition) is 7. The highest BCUT2D eigenvalue weighted by molar-refractivity contribution is 5.98. The zero-order valence-electron chi connectivity index (χ0n) is 20.2. The Kier molecular flexibility index (Phi) is 6.71. The quantitative estimate of drug-likeness (QED) is 0.295. The molecular formula is C25H27N7O5. The molecule has 1 aliphatic carbocycles. The minimum absolute atomic E-state index is 0.0332. The largest absolute Gasteiger partial charge is 0.417 e. The second-order valence-corrected chi connectivity index (χ2v) is 9.20. The maximum absolute atomic E-state index is 13.1. The van der Waals surface area contributed by atoms with Crippen molar-refractivity contribution < 1.29 is 18.8 Å². The van der Waals surface area contributed by atoms with Crippen LogP contribution >= 0.6 is 0 Å². The van der Waals surface area contributed by atoms with Gasteiger partial charge >= 0.3 is 5.76 Å².